The summed E-state index contributed by atoms with van der Waals surface area (Å²) in [6.07, 6.45) is 1.64. The average molecular weight is 304 g/mol. The summed E-state index contributed by atoms with van der Waals surface area (Å²) in [4.78, 5) is 12.0. The van der Waals surface area contributed by atoms with Crippen LogP contribution in [0.2, 0.25) is 0 Å². The van der Waals surface area contributed by atoms with Gasteiger partial charge in [-0.05, 0) is 29.7 Å². The molecule has 0 spiro atoms. The number of rotatable bonds is 4. The zero-order valence-corrected chi connectivity index (χ0v) is 12.7. The van der Waals surface area contributed by atoms with Gasteiger partial charge in [-0.1, -0.05) is 42.5 Å². The van der Waals surface area contributed by atoms with E-state index in [0.29, 0.717) is 5.56 Å². The molecule has 0 heterocycles. The molecule has 23 heavy (non-hydrogen) atoms. The van der Waals surface area contributed by atoms with Crippen molar-refractivity contribution in [2.75, 3.05) is 7.11 Å². The molecular weight excluding hydrogens is 288 g/mol. The predicted molar refractivity (Wildman–Crippen MR) is 92.0 cm³/mol. The van der Waals surface area contributed by atoms with E-state index < -0.39 is 0 Å². The molecule has 0 atom stereocenters. The number of hydrogen-bond acceptors (Lipinski definition) is 3. The molecule has 3 aromatic carbocycles. The van der Waals surface area contributed by atoms with E-state index in [9.17, 15) is 4.79 Å². The Bertz CT molecular complexity index is 858. The number of benzene rings is 3. The van der Waals surface area contributed by atoms with Crippen molar-refractivity contribution < 1.29 is 9.53 Å². The van der Waals surface area contributed by atoms with Crippen LogP contribution in [0, 0.1) is 0 Å². The van der Waals surface area contributed by atoms with Gasteiger partial charge in [-0.15, -0.1) is 0 Å². The molecule has 0 aliphatic heterocycles. The van der Waals surface area contributed by atoms with Crippen molar-refractivity contribution >= 4 is 22.9 Å². The van der Waals surface area contributed by atoms with E-state index in [1.807, 2.05) is 54.6 Å². The zero-order chi connectivity index (χ0) is 16.1. The number of ether oxygens (including phenoxy) is 1. The quantitative estimate of drug-likeness (QED) is 0.591. The van der Waals surface area contributed by atoms with Crippen molar-refractivity contribution in [1.82, 2.24) is 5.43 Å². The lowest BCUT2D eigenvalue weighted by Gasteiger charge is -2.07. The lowest BCUT2D eigenvalue weighted by Crippen LogP contribution is -2.17. The monoisotopic (exact) mass is 304 g/mol. The van der Waals surface area contributed by atoms with Crippen LogP contribution in [0.15, 0.2) is 71.8 Å². The van der Waals surface area contributed by atoms with Crippen molar-refractivity contribution in [2.24, 2.45) is 5.10 Å². The minimum absolute atomic E-state index is 0.236. The summed E-state index contributed by atoms with van der Waals surface area (Å²) < 4.78 is 5.37. The molecule has 3 rings (SSSR count). The fraction of sp³-hybridized carbons (Fsp3) is 0.0526. The van der Waals surface area contributed by atoms with Crippen LogP contribution in [-0.4, -0.2) is 19.2 Å². The number of nitrogens with zero attached hydrogens (tertiary/aromatic N) is 1. The van der Waals surface area contributed by atoms with E-state index in [1.165, 1.54) is 0 Å². The summed E-state index contributed by atoms with van der Waals surface area (Å²) in [7, 11) is 1.65. The first kappa shape index (κ1) is 14.8. The molecule has 0 radical (unpaired) electrons. The van der Waals surface area contributed by atoms with Gasteiger partial charge < -0.3 is 4.74 Å². The summed E-state index contributed by atoms with van der Waals surface area (Å²) >= 11 is 0. The zero-order valence-electron chi connectivity index (χ0n) is 12.7. The summed E-state index contributed by atoms with van der Waals surface area (Å²) in [6, 6.07) is 20.7. The maximum absolute atomic E-state index is 12.0. The van der Waals surface area contributed by atoms with E-state index in [2.05, 4.69) is 10.5 Å². The number of hydrogen-bond donors (Lipinski definition) is 1. The Morgan fingerprint density at radius 2 is 1.65 bits per heavy atom. The van der Waals surface area contributed by atoms with E-state index in [-0.39, 0.29) is 5.91 Å². The second-order valence-electron chi connectivity index (χ2n) is 4.97. The van der Waals surface area contributed by atoms with E-state index in [0.717, 1.165) is 22.1 Å². The highest BCUT2D eigenvalue weighted by Crippen LogP contribution is 2.27. The SMILES string of the molecule is COc1ccc(/C=N/NC(=O)c2ccccc2)c2ccccc12. The molecule has 0 saturated heterocycles. The number of hydrazone groups is 1. The van der Waals surface area contributed by atoms with Crippen LogP contribution in [-0.2, 0) is 0 Å². The first-order valence-electron chi connectivity index (χ1n) is 7.24. The highest BCUT2D eigenvalue weighted by Gasteiger charge is 2.05. The van der Waals surface area contributed by atoms with Gasteiger partial charge in [-0.25, -0.2) is 5.43 Å². The first-order chi connectivity index (χ1) is 11.3. The minimum Gasteiger partial charge on any atom is -0.496 e. The predicted octanol–water partition coefficient (Wildman–Crippen LogP) is 3.61. The highest BCUT2D eigenvalue weighted by molar-refractivity contribution is 6.03. The smallest absolute Gasteiger partial charge is 0.271 e. The molecule has 3 aromatic rings. The molecule has 114 valence electrons. The van der Waals surface area contributed by atoms with Gasteiger partial charge in [-0.3, -0.25) is 4.79 Å². The average Bonchev–Trinajstić information content (AvgIpc) is 2.62. The van der Waals surface area contributed by atoms with Crippen LogP contribution in [0.5, 0.6) is 5.75 Å². The van der Waals surface area contributed by atoms with Crippen LogP contribution >= 0.6 is 0 Å². The number of methoxy groups -OCH3 is 1. The van der Waals surface area contributed by atoms with Crippen molar-refractivity contribution in [3.63, 3.8) is 0 Å². The van der Waals surface area contributed by atoms with Gasteiger partial charge in [0.15, 0.2) is 0 Å². The van der Waals surface area contributed by atoms with Gasteiger partial charge >= 0.3 is 0 Å². The standard InChI is InChI=1S/C19H16N2O2/c1-23-18-12-11-15(16-9-5-6-10-17(16)18)13-20-21-19(22)14-7-3-2-4-8-14/h2-13H,1H3,(H,21,22)/b20-13+. The maximum Gasteiger partial charge on any atom is 0.271 e. The van der Waals surface area contributed by atoms with Crippen LogP contribution in [0.3, 0.4) is 0 Å². The summed E-state index contributed by atoms with van der Waals surface area (Å²) in [5.74, 6) is 0.575. The molecule has 0 fully saturated rings. The largest absolute Gasteiger partial charge is 0.496 e. The Morgan fingerprint density at radius 1 is 0.957 bits per heavy atom. The van der Waals surface area contributed by atoms with Gasteiger partial charge in [0.25, 0.3) is 5.91 Å². The second-order valence-corrected chi connectivity index (χ2v) is 4.97. The normalized spacial score (nSPS) is 10.8. The van der Waals surface area contributed by atoms with Gasteiger partial charge in [0.05, 0.1) is 13.3 Å². The van der Waals surface area contributed by atoms with Crippen LogP contribution in [0.1, 0.15) is 15.9 Å². The number of carbonyl (C=O) groups is 1. The van der Waals surface area contributed by atoms with Crippen LogP contribution in [0.25, 0.3) is 10.8 Å². The fourth-order valence-electron chi connectivity index (χ4n) is 2.40. The molecule has 4 heteroatoms. The molecule has 1 amide bonds. The molecule has 0 aliphatic rings. The Kier molecular flexibility index (Phi) is 4.34. The number of amides is 1. The molecule has 0 aliphatic carbocycles. The van der Waals surface area contributed by atoms with Crippen molar-refractivity contribution in [1.29, 1.82) is 0 Å². The highest BCUT2D eigenvalue weighted by atomic mass is 16.5. The summed E-state index contributed by atoms with van der Waals surface area (Å²) in [5, 5.41) is 6.08. The van der Waals surface area contributed by atoms with Gasteiger partial charge in [0, 0.05) is 16.5 Å². The van der Waals surface area contributed by atoms with Gasteiger partial charge in [0.2, 0.25) is 0 Å². The van der Waals surface area contributed by atoms with E-state index >= 15 is 0 Å². The van der Waals surface area contributed by atoms with Crippen molar-refractivity contribution in [2.45, 2.75) is 0 Å². The molecule has 0 saturated carbocycles. The van der Waals surface area contributed by atoms with Gasteiger partial charge in [0.1, 0.15) is 5.75 Å². The summed E-state index contributed by atoms with van der Waals surface area (Å²) in [6.45, 7) is 0. The molecule has 0 aromatic heterocycles. The lowest BCUT2D eigenvalue weighted by atomic mass is 10.0. The third-order valence-corrected chi connectivity index (χ3v) is 3.54. The summed E-state index contributed by atoms with van der Waals surface area (Å²) in [5.41, 5.74) is 4.03. The number of fused-ring (bicyclic) bond motifs is 1. The Balaban J connectivity index is 1.83. The molecule has 0 unspecified atom stereocenters. The number of carbonyl (C=O) groups excluding carboxylic acids is 1. The molecule has 1 N–H and O–H groups in total. The van der Waals surface area contributed by atoms with Gasteiger partial charge in [-0.2, -0.15) is 5.10 Å². The van der Waals surface area contributed by atoms with Crippen LogP contribution in [0.4, 0.5) is 0 Å². The van der Waals surface area contributed by atoms with Crippen molar-refractivity contribution in [3.05, 3.63) is 77.9 Å². The Labute approximate surface area is 134 Å². The maximum atomic E-state index is 12.0. The third kappa shape index (κ3) is 3.21. The second kappa shape index (κ2) is 6.75. The molecule has 4 nitrogen and oxygen atoms in total. The first-order valence-corrected chi connectivity index (χ1v) is 7.24. The van der Waals surface area contributed by atoms with Crippen molar-refractivity contribution in [3.8, 4) is 5.75 Å². The topological polar surface area (TPSA) is 50.7 Å². The Hall–Kier alpha value is -3.14. The van der Waals surface area contributed by atoms with E-state index in [1.54, 1.807) is 25.5 Å². The van der Waals surface area contributed by atoms with E-state index in [4.69, 9.17) is 4.74 Å². The van der Waals surface area contributed by atoms with Crippen LogP contribution < -0.4 is 10.2 Å². The third-order valence-electron chi connectivity index (χ3n) is 3.54. The fourth-order valence-corrected chi connectivity index (χ4v) is 2.40. The Morgan fingerprint density at radius 3 is 2.39 bits per heavy atom. The lowest BCUT2D eigenvalue weighted by molar-refractivity contribution is 0.0955. The molecular formula is C19H16N2O2. The number of nitrogens with one attached hydrogen (secondary N) is 1. The minimum atomic E-state index is -0.236. The molecule has 0 bridgehead atoms.